The van der Waals surface area contributed by atoms with Gasteiger partial charge in [-0.25, -0.2) is 0 Å². The summed E-state index contributed by atoms with van der Waals surface area (Å²) in [5, 5.41) is 0. The van der Waals surface area contributed by atoms with E-state index < -0.39 is 0 Å². The van der Waals surface area contributed by atoms with Crippen molar-refractivity contribution in [1.82, 2.24) is 0 Å². The molecule has 0 saturated carbocycles. The van der Waals surface area contributed by atoms with Crippen molar-refractivity contribution in [2.24, 2.45) is 0 Å². The van der Waals surface area contributed by atoms with Crippen LogP contribution in [0.5, 0.6) is 0 Å². The third-order valence-electron chi connectivity index (χ3n) is 0. The van der Waals surface area contributed by atoms with Crippen LogP contribution < -0.4 is 0 Å². The van der Waals surface area contributed by atoms with Crippen LogP contribution >= 0.6 is 0 Å². The SMILES string of the molecule is [Al].[CaH2].[NaH].[Si]. The first-order chi connectivity index (χ1) is 0. The maximum Gasteiger partial charge on any atom is 0 e. The van der Waals surface area contributed by atoms with Gasteiger partial charge in [0.2, 0.25) is 0 Å². The molecule has 0 heterocycles. The second-order valence-corrected chi connectivity index (χ2v) is 0. The largest absolute Gasteiger partial charge is 0 e. The van der Waals surface area contributed by atoms with Crippen molar-refractivity contribution in [2.75, 3.05) is 0 Å². The molecule has 0 aliphatic rings. The predicted octanol–water partition coefficient (Wildman–Crippen LogP) is -2.33. The Hall–Kier alpha value is 3.01. The molecule has 0 aromatic heterocycles. The van der Waals surface area contributed by atoms with Crippen molar-refractivity contribution < 1.29 is 0 Å². The van der Waals surface area contributed by atoms with Gasteiger partial charge in [-0.05, 0) is 0 Å². The van der Waals surface area contributed by atoms with Crippen LogP contribution in [0.15, 0.2) is 0 Å². The van der Waals surface area contributed by atoms with Crippen molar-refractivity contribution in [2.45, 2.75) is 0 Å². The van der Waals surface area contributed by atoms with Gasteiger partial charge < -0.3 is 0 Å². The Bertz CT molecular complexity index is 8.00. The molecule has 0 saturated heterocycles. The first-order valence-electron chi connectivity index (χ1n) is 0. The maximum absolute atomic E-state index is 0. The zero-order valence-electron chi connectivity index (χ0n) is 1.08. The van der Waals surface area contributed by atoms with Crippen LogP contribution in [-0.2, 0) is 0 Å². The minimum Gasteiger partial charge on any atom is 0 e. The summed E-state index contributed by atoms with van der Waals surface area (Å²) in [7, 11) is 0. The summed E-state index contributed by atoms with van der Waals surface area (Å²) in [6, 6.07) is 0. The van der Waals surface area contributed by atoms with E-state index in [9.17, 15) is 0 Å². The molecule has 0 aromatic carbocycles. The Labute approximate surface area is 93.5 Å². The third-order valence-corrected chi connectivity index (χ3v) is 0. The summed E-state index contributed by atoms with van der Waals surface area (Å²) < 4.78 is 0. The summed E-state index contributed by atoms with van der Waals surface area (Å²) in [6.45, 7) is 0. The standard InChI is InChI=1S/Al.Ca.Na.Si.3H. The molecule has 4 heavy (non-hydrogen) atoms. The Morgan fingerprint density at radius 3 is 1.00 bits per heavy atom. The first kappa shape index (κ1) is 28.0. The van der Waals surface area contributed by atoms with Crippen LogP contribution in [0, 0.1) is 0 Å². The normalized spacial score (nSPS) is 0. The van der Waals surface area contributed by atoms with Gasteiger partial charge in [0.25, 0.3) is 0 Å². The summed E-state index contributed by atoms with van der Waals surface area (Å²) in [5.74, 6) is 0. The molecule has 0 nitrogen and oxygen atoms in total. The minimum atomic E-state index is 0. The molecule has 0 bridgehead atoms. The molecular formula is H3AlCaNaSi. The van der Waals surface area contributed by atoms with Gasteiger partial charge in [-0.2, -0.15) is 0 Å². The first-order valence-corrected chi connectivity index (χ1v) is 0. The van der Waals surface area contributed by atoms with Crippen LogP contribution in [0.3, 0.4) is 0 Å². The van der Waals surface area contributed by atoms with E-state index >= 15 is 0 Å². The van der Waals surface area contributed by atoms with Crippen LogP contribution in [0.25, 0.3) is 0 Å². The van der Waals surface area contributed by atoms with Crippen molar-refractivity contribution in [1.29, 1.82) is 0 Å². The Morgan fingerprint density at radius 2 is 1.00 bits per heavy atom. The van der Waals surface area contributed by atoms with Gasteiger partial charge in [-0.3, -0.25) is 0 Å². The monoisotopic (exact) mass is 121 g/mol. The average Bonchev–Trinajstić information content (AvgIpc) is 0. The second kappa shape index (κ2) is 16.7. The quantitative estimate of drug-likeness (QED) is 0.315. The topological polar surface area (TPSA) is 0 Å². The van der Waals surface area contributed by atoms with Gasteiger partial charge in [0, 0.05) is 28.3 Å². The molecule has 0 aliphatic heterocycles. The number of hydrogen-bond acceptors (Lipinski definition) is 0. The minimum absolute atomic E-state index is 0. The molecule has 0 aliphatic carbocycles. The van der Waals surface area contributed by atoms with Crippen LogP contribution in [0.4, 0.5) is 0 Å². The molecule has 0 fully saturated rings. The molecule has 7 radical (unpaired) electrons. The Morgan fingerprint density at radius 1 is 1.00 bits per heavy atom. The summed E-state index contributed by atoms with van der Waals surface area (Å²) >= 11 is 0. The second-order valence-electron chi connectivity index (χ2n) is 0. The van der Waals surface area contributed by atoms with Gasteiger partial charge in [0.05, 0.1) is 0 Å². The van der Waals surface area contributed by atoms with Gasteiger partial charge in [-0.15, -0.1) is 0 Å². The van der Waals surface area contributed by atoms with Crippen molar-refractivity contribution in [3.05, 3.63) is 0 Å². The predicted molar refractivity (Wildman–Crippen MR) is 27.2 cm³/mol. The molecule has 0 spiro atoms. The molecule has 0 amide bonds. The van der Waals surface area contributed by atoms with E-state index in [2.05, 4.69) is 0 Å². The van der Waals surface area contributed by atoms with Gasteiger partial charge in [0.1, 0.15) is 0 Å². The summed E-state index contributed by atoms with van der Waals surface area (Å²) in [5.41, 5.74) is 0. The van der Waals surface area contributed by atoms with Gasteiger partial charge in [0.15, 0.2) is 0 Å². The van der Waals surface area contributed by atoms with E-state index in [1.807, 2.05) is 0 Å². The molecule has 13 valence electrons. The van der Waals surface area contributed by atoms with Crippen LogP contribution in [0.1, 0.15) is 0 Å². The van der Waals surface area contributed by atoms with E-state index in [0.29, 0.717) is 0 Å². The fourth-order valence-electron chi connectivity index (χ4n) is 0. The Kier molecular flexibility index (Phi) is 116. The molecule has 0 unspecified atom stereocenters. The van der Waals surface area contributed by atoms with E-state index in [1.165, 1.54) is 0 Å². The summed E-state index contributed by atoms with van der Waals surface area (Å²) in [4.78, 5) is 0. The molecule has 0 rings (SSSR count). The number of hydrogen-bond donors (Lipinski definition) is 0. The Balaban J connectivity index is 0. The van der Waals surface area contributed by atoms with Crippen molar-refractivity contribution in [3.63, 3.8) is 0 Å². The third kappa shape index (κ3) is 8.89. The average molecular weight is 121 g/mol. The van der Waals surface area contributed by atoms with Crippen LogP contribution in [-0.4, -0.2) is 95.6 Å². The maximum atomic E-state index is 0. The summed E-state index contributed by atoms with van der Waals surface area (Å²) in [6.07, 6.45) is 0. The van der Waals surface area contributed by atoms with Crippen molar-refractivity contribution >= 4 is 95.6 Å². The fraction of sp³-hybridized carbons (Fsp3) is 0. The van der Waals surface area contributed by atoms with E-state index in [4.69, 9.17) is 0 Å². The van der Waals surface area contributed by atoms with Gasteiger partial charge in [-0.1, -0.05) is 0 Å². The zero-order valence-corrected chi connectivity index (χ0v) is 3.23. The molecule has 4 heteroatoms. The molecule has 0 aromatic rings. The van der Waals surface area contributed by atoms with Gasteiger partial charge >= 0.3 is 67.3 Å². The van der Waals surface area contributed by atoms with E-state index in [-0.39, 0.29) is 95.6 Å². The van der Waals surface area contributed by atoms with Crippen molar-refractivity contribution in [3.8, 4) is 0 Å². The smallest absolute Gasteiger partial charge is 0 e. The zero-order chi connectivity index (χ0) is 0. The number of rotatable bonds is 0. The van der Waals surface area contributed by atoms with Crippen LogP contribution in [0.2, 0.25) is 0 Å². The molecule has 0 atom stereocenters. The molecular weight excluding hydrogens is 118 g/mol. The van der Waals surface area contributed by atoms with E-state index in [0.717, 1.165) is 0 Å². The fourth-order valence-corrected chi connectivity index (χ4v) is 0. The van der Waals surface area contributed by atoms with E-state index in [1.54, 1.807) is 0 Å². The molecule has 0 N–H and O–H groups in total.